The maximum atomic E-state index is 12.4. The summed E-state index contributed by atoms with van der Waals surface area (Å²) in [7, 11) is 0. The molecular formula is C23H18ClN3OS. The number of thiazole rings is 1. The van der Waals surface area contributed by atoms with Crippen LogP contribution in [-0.2, 0) is 0 Å². The predicted molar refractivity (Wildman–Crippen MR) is 121 cm³/mol. The number of anilines is 3. The topological polar surface area (TPSA) is 54.0 Å². The van der Waals surface area contributed by atoms with E-state index < -0.39 is 0 Å². The first-order valence-corrected chi connectivity index (χ1v) is 10.3. The molecule has 0 saturated carbocycles. The highest BCUT2D eigenvalue weighted by Gasteiger charge is 2.10. The third-order valence-electron chi connectivity index (χ3n) is 4.33. The molecule has 1 amide bonds. The molecule has 0 aliphatic rings. The second-order valence-corrected chi connectivity index (χ2v) is 7.81. The molecule has 0 aliphatic carbocycles. The summed E-state index contributed by atoms with van der Waals surface area (Å²) >= 11 is 7.64. The molecule has 0 radical (unpaired) electrons. The maximum Gasteiger partial charge on any atom is 0.257 e. The minimum atomic E-state index is -0.235. The Morgan fingerprint density at radius 1 is 0.966 bits per heavy atom. The van der Waals surface area contributed by atoms with Crippen molar-refractivity contribution in [2.75, 3.05) is 10.6 Å². The number of hydrogen-bond acceptors (Lipinski definition) is 4. The van der Waals surface area contributed by atoms with Crippen LogP contribution < -0.4 is 10.6 Å². The fourth-order valence-electron chi connectivity index (χ4n) is 2.88. The van der Waals surface area contributed by atoms with Gasteiger partial charge in [-0.1, -0.05) is 48.0 Å². The molecule has 29 heavy (non-hydrogen) atoms. The number of nitrogens with one attached hydrogen (secondary N) is 2. The van der Waals surface area contributed by atoms with Crippen LogP contribution in [0.2, 0.25) is 5.02 Å². The largest absolute Gasteiger partial charge is 0.332 e. The summed E-state index contributed by atoms with van der Waals surface area (Å²) in [6.07, 6.45) is 0. The molecule has 1 heterocycles. The first-order chi connectivity index (χ1) is 14.1. The molecule has 0 saturated heterocycles. The van der Waals surface area contributed by atoms with E-state index in [0.29, 0.717) is 16.3 Å². The van der Waals surface area contributed by atoms with E-state index in [0.717, 1.165) is 22.1 Å². The number of aryl methyl sites for hydroxylation is 1. The molecule has 3 aromatic carbocycles. The van der Waals surface area contributed by atoms with Crippen LogP contribution in [0.15, 0.2) is 78.2 Å². The zero-order valence-corrected chi connectivity index (χ0v) is 17.2. The zero-order chi connectivity index (χ0) is 20.2. The molecule has 2 N–H and O–H groups in total. The molecule has 0 unspecified atom stereocenters. The van der Waals surface area contributed by atoms with E-state index in [1.165, 1.54) is 5.56 Å². The average Bonchev–Trinajstić information content (AvgIpc) is 3.17. The Morgan fingerprint density at radius 2 is 1.76 bits per heavy atom. The van der Waals surface area contributed by atoms with Crippen LogP contribution in [0.5, 0.6) is 0 Å². The molecule has 144 valence electrons. The molecule has 0 bridgehead atoms. The second-order valence-electron chi connectivity index (χ2n) is 6.54. The van der Waals surface area contributed by atoms with Gasteiger partial charge in [-0.05, 0) is 48.9 Å². The molecule has 6 heteroatoms. The number of hydrogen-bond donors (Lipinski definition) is 2. The van der Waals surface area contributed by atoms with Crippen molar-refractivity contribution in [1.82, 2.24) is 4.98 Å². The molecule has 4 nitrogen and oxygen atoms in total. The summed E-state index contributed by atoms with van der Waals surface area (Å²) < 4.78 is 0. The van der Waals surface area contributed by atoms with Crippen molar-refractivity contribution in [2.45, 2.75) is 6.92 Å². The van der Waals surface area contributed by atoms with Crippen LogP contribution in [-0.4, -0.2) is 10.9 Å². The number of amides is 1. The van der Waals surface area contributed by atoms with Crippen molar-refractivity contribution in [2.24, 2.45) is 0 Å². The highest BCUT2D eigenvalue weighted by Crippen LogP contribution is 2.28. The second kappa shape index (κ2) is 8.47. The number of carbonyl (C=O) groups excluding carboxylic acids is 1. The van der Waals surface area contributed by atoms with Gasteiger partial charge in [0, 0.05) is 22.3 Å². The first-order valence-electron chi connectivity index (χ1n) is 9.04. The summed E-state index contributed by atoms with van der Waals surface area (Å²) in [4.78, 5) is 17.0. The molecule has 0 atom stereocenters. The molecule has 0 fully saturated rings. The number of carbonyl (C=O) groups is 1. The van der Waals surface area contributed by atoms with Gasteiger partial charge < -0.3 is 10.6 Å². The average molecular weight is 420 g/mol. The Labute approximate surface area is 178 Å². The van der Waals surface area contributed by atoms with Crippen LogP contribution in [0.4, 0.5) is 16.5 Å². The van der Waals surface area contributed by atoms with Crippen LogP contribution in [0, 0.1) is 6.92 Å². The Hall–Kier alpha value is -3.15. The van der Waals surface area contributed by atoms with Gasteiger partial charge in [0.1, 0.15) is 0 Å². The van der Waals surface area contributed by atoms with Gasteiger partial charge >= 0.3 is 0 Å². The van der Waals surface area contributed by atoms with Crippen molar-refractivity contribution in [3.05, 3.63) is 94.3 Å². The summed E-state index contributed by atoms with van der Waals surface area (Å²) in [6.45, 7) is 2.06. The summed E-state index contributed by atoms with van der Waals surface area (Å²) in [6, 6.07) is 22.7. The number of benzene rings is 3. The standard InChI is InChI=1S/C23H18ClN3OS/c1-15-5-4-6-18(13-15)26-23-27-21(14-29-23)16-9-11-17(12-10-16)25-22(28)19-7-2-3-8-20(19)24/h2-14H,1H3,(H,25,28)(H,26,27). The third kappa shape index (κ3) is 4.65. The number of rotatable bonds is 5. The van der Waals surface area contributed by atoms with Gasteiger partial charge in [0.2, 0.25) is 0 Å². The molecule has 0 spiro atoms. The Kier molecular flexibility index (Phi) is 5.60. The van der Waals surface area contributed by atoms with Crippen LogP contribution in [0.1, 0.15) is 15.9 Å². The van der Waals surface area contributed by atoms with E-state index in [4.69, 9.17) is 11.6 Å². The highest BCUT2D eigenvalue weighted by atomic mass is 35.5. The van der Waals surface area contributed by atoms with Crippen molar-refractivity contribution in [1.29, 1.82) is 0 Å². The van der Waals surface area contributed by atoms with Crippen molar-refractivity contribution >= 4 is 45.4 Å². The lowest BCUT2D eigenvalue weighted by atomic mass is 10.1. The Morgan fingerprint density at radius 3 is 2.52 bits per heavy atom. The monoisotopic (exact) mass is 419 g/mol. The van der Waals surface area contributed by atoms with E-state index >= 15 is 0 Å². The zero-order valence-electron chi connectivity index (χ0n) is 15.6. The number of halogens is 1. The normalized spacial score (nSPS) is 10.6. The lowest BCUT2D eigenvalue weighted by Gasteiger charge is -2.07. The van der Waals surface area contributed by atoms with E-state index in [-0.39, 0.29) is 5.91 Å². The Bertz CT molecular complexity index is 1150. The third-order valence-corrected chi connectivity index (χ3v) is 5.42. The van der Waals surface area contributed by atoms with E-state index in [1.807, 2.05) is 41.8 Å². The van der Waals surface area contributed by atoms with Gasteiger partial charge in [-0.2, -0.15) is 0 Å². The molecular weight excluding hydrogens is 402 g/mol. The van der Waals surface area contributed by atoms with Crippen molar-refractivity contribution < 1.29 is 4.79 Å². The summed E-state index contributed by atoms with van der Waals surface area (Å²) in [5.74, 6) is -0.235. The SMILES string of the molecule is Cc1cccc(Nc2nc(-c3ccc(NC(=O)c4ccccc4Cl)cc3)cs2)c1. The smallest absolute Gasteiger partial charge is 0.257 e. The van der Waals surface area contributed by atoms with Gasteiger partial charge in [0.05, 0.1) is 16.3 Å². The van der Waals surface area contributed by atoms with Crippen LogP contribution in [0.3, 0.4) is 0 Å². The summed E-state index contributed by atoms with van der Waals surface area (Å²) in [5, 5.41) is 9.47. The summed E-state index contributed by atoms with van der Waals surface area (Å²) in [5.41, 5.74) is 5.23. The van der Waals surface area contributed by atoms with Gasteiger partial charge in [0.25, 0.3) is 5.91 Å². The van der Waals surface area contributed by atoms with Gasteiger partial charge in [-0.25, -0.2) is 4.98 Å². The van der Waals surface area contributed by atoms with Gasteiger partial charge in [0.15, 0.2) is 5.13 Å². The quantitative estimate of drug-likeness (QED) is 0.375. The van der Waals surface area contributed by atoms with E-state index in [9.17, 15) is 4.79 Å². The lowest BCUT2D eigenvalue weighted by Crippen LogP contribution is -2.12. The minimum absolute atomic E-state index is 0.235. The van der Waals surface area contributed by atoms with Gasteiger partial charge in [-0.15, -0.1) is 11.3 Å². The molecule has 0 aliphatic heterocycles. The number of aromatic nitrogens is 1. The predicted octanol–water partition coefficient (Wildman–Crippen LogP) is 6.77. The van der Waals surface area contributed by atoms with Crippen molar-refractivity contribution in [3.8, 4) is 11.3 Å². The van der Waals surface area contributed by atoms with Gasteiger partial charge in [-0.3, -0.25) is 4.79 Å². The number of nitrogens with zero attached hydrogens (tertiary/aromatic N) is 1. The molecule has 4 rings (SSSR count). The van der Waals surface area contributed by atoms with Crippen LogP contribution >= 0.6 is 22.9 Å². The first kappa shape index (κ1) is 19.2. The fourth-order valence-corrected chi connectivity index (χ4v) is 3.84. The Balaban J connectivity index is 1.45. The highest BCUT2D eigenvalue weighted by molar-refractivity contribution is 7.14. The van der Waals surface area contributed by atoms with E-state index in [2.05, 4.69) is 34.7 Å². The maximum absolute atomic E-state index is 12.4. The van der Waals surface area contributed by atoms with E-state index in [1.54, 1.807) is 35.6 Å². The van der Waals surface area contributed by atoms with Crippen LogP contribution in [0.25, 0.3) is 11.3 Å². The molecule has 1 aromatic heterocycles. The lowest BCUT2D eigenvalue weighted by molar-refractivity contribution is 0.102. The fraction of sp³-hybridized carbons (Fsp3) is 0.0435. The molecule has 4 aromatic rings. The minimum Gasteiger partial charge on any atom is -0.332 e. The van der Waals surface area contributed by atoms with Crippen molar-refractivity contribution in [3.63, 3.8) is 0 Å².